The van der Waals surface area contributed by atoms with Crippen LogP contribution < -0.4 is 10.6 Å². The fraction of sp³-hybridized carbons (Fsp3) is 0.526. The molecular weight excluding hydrogens is 302 g/mol. The Morgan fingerprint density at radius 2 is 1.83 bits per heavy atom. The van der Waals surface area contributed by atoms with Gasteiger partial charge in [-0.1, -0.05) is 0 Å². The summed E-state index contributed by atoms with van der Waals surface area (Å²) in [6, 6.07) is 7.93. The lowest BCUT2D eigenvalue weighted by Gasteiger charge is -2.39. The van der Waals surface area contributed by atoms with Gasteiger partial charge < -0.3 is 20.3 Å². The first kappa shape index (κ1) is 16.7. The standard InChI is InChI=1S/C19H27N3O2/c1-19(2,3)24-18(23)22-11-9-14-8-10-21(12-15(14)13-22)17-6-4-16(20)5-7-17/h4-7,12,14H,8-11,13,20H2,1-3H3. The summed E-state index contributed by atoms with van der Waals surface area (Å²) in [5.41, 5.74) is 8.55. The summed E-state index contributed by atoms with van der Waals surface area (Å²) in [4.78, 5) is 16.4. The highest BCUT2D eigenvalue weighted by Crippen LogP contribution is 2.33. The van der Waals surface area contributed by atoms with Gasteiger partial charge in [-0.3, -0.25) is 0 Å². The largest absolute Gasteiger partial charge is 0.444 e. The van der Waals surface area contributed by atoms with Crippen molar-refractivity contribution in [2.75, 3.05) is 30.3 Å². The molecule has 2 heterocycles. The summed E-state index contributed by atoms with van der Waals surface area (Å²) in [5.74, 6) is 0.578. The lowest BCUT2D eigenvalue weighted by atomic mass is 9.86. The molecule has 2 aliphatic rings. The number of rotatable bonds is 1. The molecule has 0 aromatic heterocycles. The Balaban J connectivity index is 1.72. The second-order valence-electron chi connectivity index (χ2n) is 7.67. The van der Waals surface area contributed by atoms with Gasteiger partial charge in [0.15, 0.2) is 0 Å². The van der Waals surface area contributed by atoms with E-state index in [1.165, 1.54) is 5.57 Å². The minimum absolute atomic E-state index is 0.216. The highest BCUT2D eigenvalue weighted by molar-refractivity contribution is 5.69. The predicted octanol–water partition coefficient (Wildman–Crippen LogP) is 3.62. The predicted molar refractivity (Wildman–Crippen MR) is 96.8 cm³/mol. The molecule has 0 bridgehead atoms. The van der Waals surface area contributed by atoms with E-state index in [4.69, 9.17) is 10.5 Å². The summed E-state index contributed by atoms with van der Waals surface area (Å²) in [5, 5.41) is 0. The van der Waals surface area contributed by atoms with Crippen molar-refractivity contribution in [3.63, 3.8) is 0 Å². The summed E-state index contributed by atoms with van der Waals surface area (Å²) >= 11 is 0. The van der Waals surface area contributed by atoms with E-state index in [2.05, 4.69) is 11.1 Å². The summed E-state index contributed by atoms with van der Waals surface area (Å²) < 4.78 is 5.51. The van der Waals surface area contributed by atoms with Gasteiger partial charge in [0, 0.05) is 37.2 Å². The van der Waals surface area contributed by atoms with Crippen LogP contribution in [0.3, 0.4) is 0 Å². The zero-order chi connectivity index (χ0) is 17.3. The molecular formula is C19H27N3O2. The van der Waals surface area contributed by atoms with Crippen molar-refractivity contribution in [2.45, 2.75) is 39.2 Å². The summed E-state index contributed by atoms with van der Waals surface area (Å²) in [6.07, 6.45) is 4.13. The van der Waals surface area contributed by atoms with Crippen molar-refractivity contribution in [3.8, 4) is 0 Å². The van der Waals surface area contributed by atoms with Crippen molar-refractivity contribution in [1.82, 2.24) is 4.90 Å². The number of nitrogen functional groups attached to an aromatic ring is 1. The van der Waals surface area contributed by atoms with Crippen LogP contribution in [0.25, 0.3) is 0 Å². The monoisotopic (exact) mass is 329 g/mol. The fourth-order valence-corrected chi connectivity index (χ4v) is 3.31. The first-order chi connectivity index (χ1) is 11.3. The first-order valence-corrected chi connectivity index (χ1v) is 8.62. The van der Waals surface area contributed by atoms with E-state index in [0.717, 1.165) is 37.3 Å². The van der Waals surface area contributed by atoms with E-state index < -0.39 is 5.60 Å². The molecule has 24 heavy (non-hydrogen) atoms. The van der Waals surface area contributed by atoms with Crippen molar-refractivity contribution in [1.29, 1.82) is 0 Å². The molecule has 1 aromatic rings. The zero-order valence-corrected chi connectivity index (χ0v) is 14.8. The van der Waals surface area contributed by atoms with Gasteiger partial charge in [-0.15, -0.1) is 0 Å². The number of nitrogens with zero attached hydrogens (tertiary/aromatic N) is 2. The zero-order valence-electron chi connectivity index (χ0n) is 14.8. The van der Waals surface area contributed by atoms with E-state index in [-0.39, 0.29) is 6.09 Å². The lowest BCUT2D eigenvalue weighted by Crippen LogP contribution is -2.45. The molecule has 0 spiro atoms. The molecule has 130 valence electrons. The van der Waals surface area contributed by atoms with E-state index in [0.29, 0.717) is 12.5 Å². The maximum Gasteiger partial charge on any atom is 0.410 e. The van der Waals surface area contributed by atoms with E-state index in [1.54, 1.807) is 0 Å². The molecule has 1 aromatic carbocycles. The number of nitrogens with two attached hydrogens (primary N) is 1. The lowest BCUT2D eigenvalue weighted by molar-refractivity contribution is 0.0226. The SMILES string of the molecule is CC(C)(C)OC(=O)N1CCC2CCN(c3ccc(N)cc3)C=C2C1. The normalized spacial score (nSPS) is 21.1. The third-order valence-corrected chi connectivity index (χ3v) is 4.56. The van der Waals surface area contributed by atoms with Crippen LogP contribution in [0.2, 0.25) is 0 Å². The number of likely N-dealkylation sites (tertiary alicyclic amines) is 1. The fourth-order valence-electron chi connectivity index (χ4n) is 3.31. The number of fused-ring (bicyclic) bond motifs is 1. The molecule has 1 fully saturated rings. The minimum atomic E-state index is -0.453. The quantitative estimate of drug-likeness (QED) is 0.800. The third kappa shape index (κ3) is 3.83. The smallest absolute Gasteiger partial charge is 0.410 e. The molecule has 0 aliphatic carbocycles. The number of ether oxygens (including phenoxy) is 1. The molecule has 3 rings (SSSR count). The van der Waals surface area contributed by atoms with Crippen LogP contribution in [0, 0.1) is 5.92 Å². The molecule has 1 atom stereocenters. The molecule has 1 amide bonds. The highest BCUT2D eigenvalue weighted by atomic mass is 16.6. The Morgan fingerprint density at radius 1 is 1.17 bits per heavy atom. The van der Waals surface area contributed by atoms with E-state index in [1.807, 2.05) is 49.9 Å². The van der Waals surface area contributed by atoms with Crippen LogP contribution in [0.5, 0.6) is 0 Å². The Kier molecular flexibility index (Phi) is 4.43. The van der Waals surface area contributed by atoms with Crippen LogP contribution in [-0.4, -0.2) is 36.2 Å². The number of anilines is 2. The van der Waals surface area contributed by atoms with Gasteiger partial charge >= 0.3 is 6.09 Å². The Hall–Kier alpha value is -2.17. The number of hydrogen-bond donors (Lipinski definition) is 1. The number of hydrogen-bond acceptors (Lipinski definition) is 4. The molecule has 1 unspecified atom stereocenters. The minimum Gasteiger partial charge on any atom is -0.444 e. The topological polar surface area (TPSA) is 58.8 Å². The molecule has 1 saturated heterocycles. The van der Waals surface area contributed by atoms with Crippen LogP contribution in [0.4, 0.5) is 16.2 Å². The van der Waals surface area contributed by atoms with Crippen molar-refractivity contribution >= 4 is 17.5 Å². The van der Waals surface area contributed by atoms with Gasteiger partial charge in [0.1, 0.15) is 5.60 Å². The molecule has 2 N–H and O–H groups in total. The van der Waals surface area contributed by atoms with Crippen LogP contribution in [0.15, 0.2) is 36.0 Å². The number of benzene rings is 1. The molecule has 0 saturated carbocycles. The molecule has 5 heteroatoms. The second-order valence-corrected chi connectivity index (χ2v) is 7.67. The van der Waals surface area contributed by atoms with E-state index in [9.17, 15) is 4.79 Å². The number of piperidine rings is 1. The second kappa shape index (κ2) is 6.38. The van der Waals surface area contributed by atoms with Crippen molar-refractivity contribution in [3.05, 3.63) is 36.0 Å². The maximum absolute atomic E-state index is 12.3. The van der Waals surface area contributed by atoms with Gasteiger partial charge in [-0.05, 0) is 69.4 Å². The molecule has 0 radical (unpaired) electrons. The molecule has 2 aliphatic heterocycles. The maximum atomic E-state index is 12.3. The number of carbonyl (C=O) groups excluding carboxylic acids is 1. The average molecular weight is 329 g/mol. The first-order valence-electron chi connectivity index (χ1n) is 8.62. The van der Waals surface area contributed by atoms with Gasteiger partial charge in [0.05, 0.1) is 0 Å². The number of amides is 1. The number of carbonyl (C=O) groups is 1. The summed E-state index contributed by atoms with van der Waals surface area (Å²) in [6.45, 7) is 8.15. The van der Waals surface area contributed by atoms with Crippen LogP contribution in [-0.2, 0) is 4.74 Å². The van der Waals surface area contributed by atoms with Crippen molar-refractivity contribution < 1.29 is 9.53 Å². The average Bonchev–Trinajstić information content (AvgIpc) is 2.53. The van der Waals surface area contributed by atoms with E-state index >= 15 is 0 Å². The van der Waals surface area contributed by atoms with Crippen LogP contribution in [0.1, 0.15) is 33.6 Å². The summed E-state index contributed by atoms with van der Waals surface area (Å²) in [7, 11) is 0. The Labute approximate surface area is 144 Å². The Morgan fingerprint density at radius 3 is 2.50 bits per heavy atom. The highest BCUT2D eigenvalue weighted by Gasteiger charge is 2.32. The Bertz CT molecular complexity index is 631. The van der Waals surface area contributed by atoms with Gasteiger partial charge in [0.25, 0.3) is 0 Å². The van der Waals surface area contributed by atoms with Gasteiger partial charge in [-0.25, -0.2) is 4.79 Å². The van der Waals surface area contributed by atoms with Gasteiger partial charge in [-0.2, -0.15) is 0 Å². The third-order valence-electron chi connectivity index (χ3n) is 4.56. The van der Waals surface area contributed by atoms with Crippen LogP contribution >= 0.6 is 0 Å². The molecule has 5 nitrogen and oxygen atoms in total. The van der Waals surface area contributed by atoms with Crippen molar-refractivity contribution in [2.24, 2.45) is 5.92 Å². The van der Waals surface area contributed by atoms with Gasteiger partial charge in [0.2, 0.25) is 0 Å².